The molecule has 57 heavy (non-hydrogen) atoms. The van der Waals surface area contributed by atoms with Crippen LogP contribution >= 0.6 is 0 Å². The van der Waals surface area contributed by atoms with Gasteiger partial charge in [0.1, 0.15) is 28.5 Å². The molecule has 16 heteroatoms. The molecule has 0 bridgehead atoms. The summed E-state index contributed by atoms with van der Waals surface area (Å²) in [5.41, 5.74) is 3.09. The largest absolute Gasteiger partial charge is 0.496 e. The normalized spacial score (nSPS) is 15.2. The van der Waals surface area contributed by atoms with Crippen LogP contribution in [-0.2, 0) is 44.4 Å². The highest BCUT2D eigenvalue weighted by Crippen LogP contribution is 2.38. The van der Waals surface area contributed by atoms with Crippen molar-refractivity contribution in [1.29, 1.82) is 0 Å². The molecule has 2 aliphatic rings. The maximum Gasteiger partial charge on any atom is 0.274 e. The van der Waals surface area contributed by atoms with Crippen molar-refractivity contribution in [1.82, 2.24) is 24.7 Å². The predicted molar refractivity (Wildman–Crippen MR) is 207 cm³/mol. The molecule has 0 radical (unpaired) electrons. The van der Waals surface area contributed by atoms with Crippen molar-refractivity contribution >= 4 is 46.1 Å². The van der Waals surface area contributed by atoms with Crippen LogP contribution in [0, 0.1) is 0 Å². The van der Waals surface area contributed by atoms with Gasteiger partial charge in [0.25, 0.3) is 23.3 Å². The molecule has 2 N–H and O–H groups in total. The van der Waals surface area contributed by atoms with Crippen LogP contribution in [0.2, 0.25) is 0 Å². The molecule has 300 valence electrons. The highest BCUT2D eigenvalue weighted by atomic mass is 16.5. The number of methoxy groups -OCH3 is 2. The van der Waals surface area contributed by atoms with E-state index >= 15 is 0 Å². The first-order valence-corrected chi connectivity index (χ1v) is 18.6. The second-order valence-electron chi connectivity index (χ2n) is 13.9. The summed E-state index contributed by atoms with van der Waals surface area (Å²) < 4.78 is 26.0. The number of carbonyl (C=O) groups excluding carboxylic acids is 6. The van der Waals surface area contributed by atoms with Crippen molar-refractivity contribution in [3.05, 3.63) is 75.8 Å². The lowest BCUT2D eigenvalue weighted by Crippen LogP contribution is -2.47. The summed E-state index contributed by atoms with van der Waals surface area (Å²) in [6.07, 6.45) is 4.85. The van der Waals surface area contributed by atoms with Gasteiger partial charge >= 0.3 is 0 Å². The van der Waals surface area contributed by atoms with Gasteiger partial charge in [0, 0.05) is 68.9 Å². The van der Waals surface area contributed by atoms with E-state index in [0.29, 0.717) is 29.9 Å². The molecular weight excluding hydrogens is 738 g/mol. The number of nitrogens with one attached hydrogen (secondary N) is 2. The number of aryl methyl sites for hydroxylation is 2. The number of ketones is 2. The minimum atomic E-state index is -1.01. The number of aromatic nitrogens is 2. The quantitative estimate of drug-likeness (QED) is 0.0908. The third kappa shape index (κ3) is 8.60. The van der Waals surface area contributed by atoms with Gasteiger partial charge in [-0.1, -0.05) is 6.07 Å². The van der Waals surface area contributed by atoms with E-state index in [1.165, 1.54) is 18.2 Å². The Balaban J connectivity index is 0.899. The first kappa shape index (κ1) is 40.4. The second kappa shape index (κ2) is 17.7. The third-order valence-corrected chi connectivity index (χ3v) is 10.1. The summed E-state index contributed by atoms with van der Waals surface area (Å²) in [4.78, 5) is 89.0. The fraction of sp³-hybridized carbons (Fsp3) is 0.390. The molecule has 0 spiro atoms. The average molecular weight is 784 g/mol. The van der Waals surface area contributed by atoms with E-state index in [1.807, 2.05) is 31.4 Å². The summed E-state index contributed by atoms with van der Waals surface area (Å²) in [7, 11) is 6.72. The number of hydrogen-bond donors (Lipinski definition) is 2. The van der Waals surface area contributed by atoms with Crippen molar-refractivity contribution in [2.45, 2.75) is 44.6 Å². The molecule has 1 unspecified atom stereocenters. The summed E-state index contributed by atoms with van der Waals surface area (Å²) in [6.45, 7) is 0.404. The number of hydrogen-bond acceptors (Lipinski definition) is 11. The Bertz CT molecular complexity index is 2280. The number of benzene rings is 2. The summed E-state index contributed by atoms with van der Waals surface area (Å²) in [6, 6.07) is 9.18. The van der Waals surface area contributed by atoms with Crippen LogP contribution in [0.3, 0.4) is 0 Å². The molecule has 4 amide bonds. The number of fused-ring (bicyclic) bond motifs is 2. The Hall–Kier alpha value is -6.29. The number of nitrogens with zero attached hydrogens (tertiary/aromatic N) is 3. The minimum Gasteiger partial charge on any atom is -0.496 e. The van der Waals surface area contributed by atoms with Crippen LogP contribution in [-0.4, -0.2) is 102 Å². The van der Waals surface area contributed by atoms with Crippen LogP contribution in [0.25, 0.3) is 22.0 Å². The van der Waals surface area contributed by atoms with Crippen LogP contribution in [0.4, 0.5) is 0 Å². The molecule has 1 aliphatic heterocycles. The topological polar surface area (TPSA) is 194 Å². The van der Waals surface area contributed by atoms with E-state index in [-0.39, 0.29) is 86.1 Å². The zero-order chi connectivity index (χ0) is 40.8. The third-order valence-electron chi connectivity index (χ3n) is 10.1. The molecule has 1 saturated carbocycles. The Morgan fingerprint density at radius 1 is 0.842 bits per heavy atom. The van der Waals surface area contributed by atoms with Crippen LogP contribution in [0.15, 0.2) is 53.6 Å². The Morgan fingerprint density at radius 2 is 1.54 bits per heavy atom. The van der Waals surface area contributed by atoms with Crippen molar-refractivity contribution in [2.75, 3.05) is 47.1 Å². The lowest BCUT2D eigenvalue weighted by atomic mass is 9.92. The van der Waals surface area contributed by atoms with Crippen molar-refractivity contribution in [2.24, 2.45) is 14.1 Å². The Kier molecular flexibility index (Phi) is 12.5. The fourth-order valence-electron chi connectivity index (χ4n) is 7.26. The van der Waals surface area contributed by atoms with Crippen molar-refractivity contribution in [3.8, 4) is 28.4 Å². The molecule has 2 aromatic carbocycles. The van der Waals surface area contributed by atoms with E-state index in [1.54, 1.807) is 36.6 Å². The number of imide groups is 1. The summed E-state index contributed by atoms with van der Waals surface area (Å²) >= 11 is 0. The predicted octanol–water partition coefficient (Wildman–Crippen LogP) is 2.50. The molecule has 2 aromatic heterocycles. The van der Waals surface area contributed by atoms with Gasteiger partial charge < -0.3 is 38.7 Å². The lowest BCUT2D eigenvalue weighted by molar-refractivity contribution is -0.132. The summed E-state index contributed by atoms with van der Waals surface area (Å²) in [5, 5.41) is 6.30. The Morgan fingerprint density at radius 3 is 2.23 bits per heavy atom. The monoisotopic (exact) mass is 783 g/mol. The number of Topliss-reactive ketones (excluding diaryl/α,β-unsaturated/α-hetero) is 2. The van der Waals surface area contributed by atoms with Gasteiger partial charge in [-0.05, 0) is 55.2 Å². The van der Waals surface area contributed by atoms with Gasteiger partial charge in [0.15, 0.2) is 12.4 Å². The number of carbonyl (C=O) groups is 6. The van der Waals surface area contributed by atoms with Crippen LogP contribution in [0.5, 0.6) is 17.2 Å². The standard InChI is InChI=1S/C41H45N5O11/c1-44-16-13-26-29(22-45(2)41(53)38(26)44)24-19-33(54-3)27(34(20-24)55-4)7-6-10-35(49)42-14-17-56-18-15-43-36(50)23-57-32-9-5-8-28-37(32)40(52)46(39(28)51)30-12-11-25(47)21-31(30)48/h5,8-9,13,16,19-20,22,30H,6-7,10-12,14-15,17-18,21,23H2,1-4H3,(H,42,49)(H,43,50). The maximum atomic E-state index is 13.2. The molecular formula is C41H45N5O11. The number of rotatable bonds is 17. The number of pyridine rings is 1. The first-order valence-electron chi connectivity index (χ1n) is 18.6. The van der Waals surface area contributed by atoms with E-state index < -0.39 is 36.2 Å². The zero-order valence-corrected chi connectivity index (χ0v) is 32.3. The molecule has 3 heterocycles. The maximum absolute atomic E-state index is 13.2. The average Bonchev–Trinajstić information content (AvgIpc) is 3.71. The van der Waals surface area contributed by atoms with Gasteiger partial charge in [0.2, 0.25) is 5.91 Å². The van der Waals surface area contributed by atoms with Gasteiger partial charge in [-0.2, -0.15) is 0 Å². The van der Waals surface area contributed by atoms with Crippen molar-refractivity contribution < 1.29 is 47.7 Å². The van der Waals surface area contributed by atoms with Gasteiger partial charge in [-0.3, -0.25) is 38.5 Å². The minimum absolute atomic E-state index is 0.0213. The van der Waals surface area contributed by atoms with Crippen LogP contribution in [0.1, 0.15) is 58.4 Å². The Labute approximate surface area is 328 Å². The van der Waals surface area contributed by atoms with E-state index in [4.69, 9.17) is 18.9 Å². The van der Waals surface area contributed by atoms with Gasteiger partial charge in [-0.25, -0.2) is 0 Å². The van der Waals surface area contributed by atoms with E-state index in [2.05, 4.69) is 10.6 Å². The molecule has 6 rings (SSSR count). The second-order valence-corrected chi connectivity index (χ2v) is 13.9. The molecule has 1 atom stereocenters. The zero-order valence-electron chi connectivity index (χ0n) is 32.3. The highest BCUT2D eigenvalue weighted by Gasteiger charge is 2.45. The summed E-state index contributed by atoms with van der Waals surface area (Å²) in [5.74, 6) is -1.38. The first-order chi connectivity index (χ1) is 27.4. The molecule has 16 nitrogen and oxygen atoms in total. The van der Waals surface area contributed by atoms with E-state index in [0.717, 1.165) is 27.0 Å². The molecule has 1 fully saturated rings. The molecule has 1 aliphatic carbocycles. The number of ether oxygens (including phenoxy) is 4. The van der Waals surface area contributed by atoms with Gasteiger partial charge in [0.05, 0.1) is 51.0 Å². The van der Waals surface area contributed by atoms with Crippen LogP contribution < -0.4 is 30.4 Å². The highest BCUT2D eigenvalue weighted by molar-refractivity contribution is 6.24. The van der Waals surface area contributed by atoms with Gasteiger partial charge in [-0.15, -0.1) is 0 Å². The van der Waals surface area contributed by atoms with Crippen molar-refractivity contribution in [3.63, 3.8) is 0 Å². The SMILES string of the molecule is COc1cc(-c2cn(C)c(=O)c3c2ccn3C)cc(OC)c1CCCC(=O)NCCOCCNC(=O)COc1cccc2c1C(=O)N(C1CCC(=O)CC1=O)C2=O. The fourth-order valence-corrected chi connectivity index (χ4v) is 7.26. The molecule has 4 aromatic rings. The van der Waals surface area contributed by atoms with E-state index in [9.17, 15) is 33.6 Å². The lowest BCUT2D eigenvalue weighted by Gasteiger charge is -2.27. The molecule has 0 saturated heterocycles. The smallest absolute Gasteiger partial charge is 0.274 e. The number of amides is 4.